The number of hydrogen-bond acceptors (Lipinski definition) is 4. The normalized spacial score (nSPS) is 15.4. The van der Waals surface area contributed by atoms with Gasteiger partial charge in [0.05, 0.1) is 19.7 Å². The number of para-hydroxylation sites is 1. The molecule has 1 unspecified atom stereocenters. The van der Waals surface area contributed by atoms with Gasteiger partial charge in [0, 0.05) is 23.5 Å². The molecule has 0 saturated heterocycles. The molecule has 1 heterocycles. The predicted molar refractivity (Wildman–Crippen MR) is 133 cm³/mol. The van der Waals surface area contributed by atoms with Crippen LogP contribution in [-0.4, -0.2) is 32.0 Å². The molecule has 1 aliphatic heterocycles. The second-order valence-corrected chi connectivity index (χ2v) is 8.93. The Kier molecular flexibility index (Phi) is 6.21. The number of nitrogens with one attached hydrogen (secondary N) is 2. The summed E-state index contributed by atoms with van der Waals surface area (Å²) < 4.78 is 5.25. The van der Waals surface area contributed by atoms with Crippen LogP contribution in [0.15, 0.2) is 72.8 Å². The van der Waals surface area contributed by atoms with Gasteiger partial charge in [-0.25, -0.2) is 0 Å². The largest absolute Gasteiger partial charge is 0.497 e. The van der Waals surface area contributed by atoms with Crippen LogP contribution in [0.3, 0.4) is 0 Å². The molecule has 2 amide bonds. The van der Waals surface area contributed by atoms with E-state index in [0.29, 0.717) is 18.0 Å². The number of anilines is 2. The summed E-state index contributed by atoms with van der Waals surface area (Å²) in [5.74, 6) is 1.18. The van der Waals surface area contributed by atoms with E-state index in [9.17, 15) is 9.59 Å². The molecule has 1 aliphatic carbocycles. The van der Waals surface area contributed by atoms with Crippen LogP contribution < -0.4 is 20.3 Å². The van der Waals surface area contributed by atoms with Crippen molar-refractivity contribution in [2.75, 3.05) is 30.4 Å². The fourth-order valence-electron chi connectivity index (χ4n) is 4.59. The fraction of sp³-hybridized carbons (Fsp3) is 0.286. The molecule has 6 nitrogen and oxygen atoms in total. The third-order valence-electron chi connectivity index (χ3n) is 6.58. The van der Waals surface area contributed by atoms with E-state index in [0.717, 1.165) is 42.0 Å². The maximum atomic E-state index is 13.1. The van der Waals surface area contributed by atoms with E-state index in [1.807, 2.05) is 71.6 Å². The molecule has 3 aromatic rings. The molecule has 0 aromatic heterocycles. The highest BCUT2D eigenvalue weighted by Crippen LogP contribution is 2.41. The zero-order valence-corrected chi connectivity index (χ0v) is 19.3. The Morgan fingerprint density at radius 3 is 2.59 bits per heavy atom. The third kappa shape index (κ3) is 4.76. The molecule has 5 rings (SSSR count). The average molecular weight is 456 g/mol. The van der Waals surface area contributed by atoms with Crippen molar-refractivity contribution >= 4 is 23.2 Å². The van der Waals surface area contributed by atoms with Gasteiger partial charge in [-0.05, 0) is 72.7 Å². The molecule has 2 aliphatic rings. The number of ether oxygens (including phenoxy) is 1. The first-order chi connectivity index (χ1) is 16.6. The van der Waals surface area contributed by atoms with E-state index in [4.69, 9.17) is 4.74 Å². The van der Waals surface area contributed by atoms with Gasteiger partial charge >= 0.3 is 0 Å². The summed E-state index contributed by atoms with van der Waals surface area (Å²) in [6, 6.07) is 23.3. The lowest BCUT2D eigenvalue weighted by Gasteiger charge is -2.20. The highest BCUT2D eigenvalue weighted by molar-refractivity contribution is 6.07. The molecule has 1 atom stereocenters. The van der Waals surface area contributed by atoms with Crippen molar-refractivity contribution in [2.24, 2.45) is 5.92 Å². The van der Waals surface area contributed by atoms with Crippen LogP contribution in [0.2, 0.25) is 0 Å². The molecular weight excluding hydrogens is 426 g/mol. The number of amides is 2. The average Bonchev–Trinajstić information content (AvgIpc) is 3.64. The van der Waals surface area contributed by atoms with Crippen LogP contribution >= 0.6 is 0 Å². The number of rotatable bonds is 8. The first kappa shape index (κ1) is 22.0. The fourth-order valence-corrected chi connectivity index (χ4v) is 4.59. The molecule has 0 spiro atoms. The highest BCUT2D eigenvalue weighted by atomic mass is 16.5. The quantitative estimate of drug-likeness (QED) is 0.522. The Labute approximate surface area is 199 Å². The van der Waals surface area contributed by atoms with Crippen LogP contribution in [0.5, 0.6) is 5.75 Å². The van der Waals surface area contributed by atoms with Gasteiger partial charge in [0.25, 0.3) is 5.91 Å². The summed E-state index contributed by atoms with van der Waals surface area (Å²) >= 11 is 0. The maximum absolute atomic E-state index is 13.1. The highest BCUT2D eigenvalue weighted by Gasteiger charge is 2.33. The van der Waals surface area contributed by atoms with Crippen LogP contribution in [0.25, 0.3) is 0 Å². The molecule has 1 saturated carbocycles. The summed E-state index contributed by atoms with van der Waals surface area (Å²) in [6.07, 6.45) is 3.11. The molecule has 1 fully saturated rings. The summed E-state index contributed by atoms with van der Waals surface area (Å²) in [5, 5.41) is 6.36. The van der Waals surface area contributed by atoms with E-state index < -0.39 is 0 Å². The van der Waals surface area contributed by atoms with Gasteiger partial charge in [-0.2, -0.15) is 0 Å². The second kappa shape index (κ2) is 9.59. The Bertz CT molecular complexity index is 1190. The number of fused-ring (bicyclic) bond motifs is 1. The summed E-state index contributed by atoms with van der Waals surface area (Å²) in [5.41, 5.74) is 4.63. The zero-order chi connectivity index (χ0) is 23.5. The Hall–Kier alpha value is -3.80. The number of benzene rings is 3. The van der Waals surface area contributed by atoms with Crippen molar-refractivity contribution in [3.05, 3.63) is 89.5 Å². The number of nitrogens with zero attached hydrogens (tertiary/aromatic N) is 1. The zero-order valence-electron chi connectivity index (χ0n) is 19.3. The van der Waals surface area contributed by atoms with Gasteiger partial charge in [0.1, 0.15) is 5.75 Å². The van der Waals surface area contributed by atoms with Crippen molar-refractivity contribution in [2.45, 2.75) is 25.3 Å². The standard InChI is InChI=1S/C28H29N3O3/c1-34-24-13-11-21(12-14-24)27(20-9-10-20)30-26(32)18-29-23-7-4-6-22(17-23)28(33)31-16-15-19-5-2-3-8-25(19)31/h2-8,11-14,17,20,27,29H,9-10,15-16,18H2,1H3,(H,30,32). The van der Waals surface area contributed by atoms with Gasteiger partial charge in [-0.3, -0.25) is 9.59 Å². The summed E-state index contributed by atoms with van der Waals surface area (Å²) in [4.78, 5) is 27.7. The number of carbonyl (C=O) groups excluding carboxylic acids is 2. The monoisotopic (exact) mass is 455 g/mol. The van der Waals surface area contributed by atoms with E-state index in [2.05, 4.69) is 16.7 Å². The van der Waals surface area contributed by atoms with Gasteiger partial charge < -0.3 is 20.3 Å². The topological polar surface area (TPSA) is 70.7 Å². The molecule has 2 N–H and O–H groups in total. The summed E-state index contributed by atoms with van der Waals surface area (Å²) in [7, 11) is 1.65. The van der Waals surface area contributed by atoms with Gasteiger partial charge in [0.15, 0.2) is 0 Å². The lowest BCUT2D eigenvalue weighted by atomic mass is 10.0. The second-order valence-electron chi connectivity index (χ2n) is 8.93. The van der Waals surface area contributed by atoms with Crippen molar-refractivity contribution in [1.82, 2.24) is 5.32 Å². The number of hydrogen-bond donors (Lipinski definition) is 2. The van der Waals surface area contributed by atoms with Crippen LogP contribution in [0, 0.1) is 5.92 Å². The molecule has 174 valence electrons. The Balaban J connectivity index is 1.21. The van der Waals surface area contributed by atoms with Crippen molar-refractivity contribution in [3.8, 4) is 5.75 Å². The molecule has 0 bridgehead atoms. The first-order valence-electron chi connectivity index (χ1n) is 11.8. The van der Waals surface area contributed by atoms with Gasteiger partial charge in [-0.1, -0.05) is 36.4 Å². The minimum absolute atomic E-state index is 0.00310. The molecule has 34 heavy (non-hydrogen) atoms. The minimum Gasteiger partial charge on any atom is -0.497 e. The summed E-state index contributed by atoms with van der Waals surface area (Å²) in [6.45, 7) is 0.829. The predicted octanol–water partition coefficient (Wildman–Crippen LogP) is 4.58. The Morgan fingerprint density at radius 1 is 1.03 bits per heavy atom. The Morgan fingerprint density at radius 2 is 1.82 bits per heavy atom. The molecular formula is C28H29N3O3. The van der Waals surface area contributed by atoms with Crippen LogP contribution in [0.4, 0.5) is 11.4 Å². The lowest BCUT2D eigenvalue weighted by molar-refractivity contribution is -0.120. The van der Waals surface area contributed by atoms with E-state index in [1.54, 1.807) is 7.11 Å². The van der Waals surface area contributed by atoms with Crippen molar-refractivity contribution in [3.63, 3.8) is 0 Å². The molecule has 3 aromatic carbocycles. The van der Waals surface area contributed by atoms with Gasteiger partial charge in [0.2, 0.25) is 5.91 Å². The third-order valence-corrected chi connectivity index (χ3v) is 6.58. The minimum atomic E-state index is -0.0714. The molecule has 6 heteroatoms. The van der Waals surface area contributed by atoms with Gasteiger partial charge in [-0.15, -0.1) is 0 Å². The van der Waals surface area contributed by atoms with E-state index >= 15 is 0 Å². The van der Waals surface area contributed by atoms with E-state index in [-0.39, 0.29) is 24.4 Å². The lowest BCUT2D eigenvalue weighted by Crippen LogP contribution is -2.34. The number of methoxy groups -OCH3 is 1. The van der Waals surface area contributed by atoms with Crippen LogP contribution in [-0.2, 0) is 11.2 Å². The smallest absolute Gasteiger partial charge is 0.258 e. The maximum Gasteiger partial charge on any atom is 0.258 e. The van der Waals surface area contributed by atoms with Crippen molar-refractivity contribution < 1.29 is 14.3 Å². The van der Waals surface area contributed by atoms with E-state index in [1.165, 1.54) is 5.56 Å². The molecule has 0 radical (unpaired) electrons. The van der Waals surface area contributed by atoms with Crippen LogP contribution in [0.1, 0.15) is 40.4 Å². The first-order valence-corrected chi connectivity index (χ1v) is 11.8. The number of carbonyl (C=O) groups is 2. The van der Waals surface area contributed by atoms with Crippen molar-refractivity contribution in [1.29, 1.82) is 0 Å². The SMILES string of the molecule is COc1ccc(C(NC(=O)CNc2cccc(C(=O)N3CCc4ccccc43)c2)C2CC2)cc1.